The van der Waals surface area contributed by atoms with Crippen LogP contribution in [0.15, 0.2) is 24.8 Å². The van der Waals surface area contributed by atoms with Crippen molar-refractivity contribution in [3.63, 3.8) is 0 Å². The van der Waals surface area contributed by atoms with E-state index in [4.69, 9.17) is 4.74 Å². The molecule has 21 heavy (non-hydrogen) atoms. The minimum absolute atomic E-state index is 0.0726. The SMILES string of the molecule is C=CCN(CC(=O)OCC)C(=O)c1cc(I)cc(I)c1I. The zero-order chi connectivity index (χ0) is 16.0. The van der Waals surface area contributed by atoms with Gasteiger partial charge in [0.2, 0.25) is 0 Å². The Morgan fingerprint density at radius 1 is 1.33 bits per heavy atom. The lowest BCUT2D eigenvalue weighted by atomic mass is 10.2. The smallest absolute Gasteiger partial charge is 0.325 e. The fraction of sp³-hybridized carbons (Fsp3) is 0.286. The second-order valence-corrected chi connectivity index (χ2v) is 7.52. The molecule has 4 nitrogen and oxygen atoms in total. The number of carbonyl (C=O) groups excluding carboxylic acids is 2. The van der Waals surface area contributed by atoms with Crippen LogP contribution in [0.2, 0.25) is 0 Å². The highest BCUT2D eigenvalue weighted by Gasteiger charge is 2.22. The number of amides is 1. The lowest BCUT2D eigenvalue weighted by Crippen LogP contribution is -2.37. The number of nitrogens with zero attached hydrogens (tertiary/aromatic N) is 1. The van der Waals surface area contributed by atoms with Gasteiger partial charge in [0.25, 0.3) is 5.91 Å². The molecule has 0 fully saturated rings. The molecule has 0 spiro atoms. The van der Waals surface area contributed by atoms with Crippen molar-refractivity contribution in [3.05, 3.63) is 41.1 Å². The van der Waals surface area contributed by atoms with Crippen molar-refractivity contribution in [3.8, 4) is 0 Å². The van der Waals surface area contributed by atoms with Crippen LogP contribution >= 0.6 is 67.8 Å². The van der Waals surface area contributed by atoms with Gasteiger partial charge in [0.05, 0.1) is 12.2 Å². The van der Waals surface area contributed by atoms with E-state index >= 15 is 0 Å². The molecule has 0 atom stereocenters. The Morgan fingerprint density at radius 2 is 2.00 bits per heavy atom. The Kier molecular flexibility index (Phi) is 8.46. The topological polar surface area (TPSA) is 46.6 Å². The van der Waals surface area contributed by atoms with Gasteiger partial charge in [0, 0.05) is 17.3 Å². The zero-order valence-corrected chi connectivity index (χ0v) is 17.8. The third-order valence-corrected chi connectivity index (χ3v) is 6.15. The summed E-state index contributed by atoms with van der Waals surface area (Å²) in [7, 11) is 0. The van der Waals surface area contributed by atoms with E-state index in [-0.39, 0.29) is 12.5 Å². The molecule has 0 unspecified atom stereocenters. The van der Waals surface area contributed by atoms with Crippen molar-refractivity contribution >= 4 is 79.6 Å². The molecule has 0 N–H and O–H groups in total. The van der Waals surface area contributed by atoms with Gasteiger partial charge in [-0.2, -0.15) is 0 Å². The van der Waals surface area contributed by atoms with Gasteiger partial charge in [-0.1, -0.05) is 6.08 Å². The summed E-state index contributed by atoms with van der Waals surface area (Å²) in [6.07, 6.45) is 1.60. The Hall–Kier alpha value is 0.0900. The lowest BCUT2D eigenvalue weighted by Gasteiger charge is -2.21. The lowest BCUT2D eigenvalue weighted by molar-refractivity contribution is -0.143. The van der Waals surface area contributed by atoms with Crippen molar-refractivity contribution < 1.29 is 14.3 Å². The second-order valence-electron chi connectivity index (χ2n) is 4.03. The number of hydrogen-bond donors (Lipinski definition) is 0. The first-order chi connectivity index (χ1) is 9.90. The van der Waals surface area contributed by atoms with E-state index in [0.29, 0.717) is 18.7 Å². The van der Waals surface area contributed by atoms with E-state index in [1.807, 2.05) is 12.1 Å². The molecule has 0 aliphatic heterocycles. The Labute approximate surface area is 165 Å². The summed E-state index contributed by atoms with van der Waals surface area (Å²) in [6, 6.07) is 3.83. The fourth-order valence-corrected chi connectivity index (χ4v) is 4.01. The van der Waals surface area contributed by atoms with E-state index in [1.165, 1.54) is 4.90 Å². The average molecular weight is 625 g/mol. The number of ether oxygens (including phenoxy) is 1. The van der Waals surface area contributed by atoms with Gasteiger partial charge >= 0.3 is 5.97 Å². The summed E-state index contributed by atoms with van der Waals surface area (Å²) in [5.41, 5.74) is 0.595. The highest BCUT2D eigenvalue weighted by molar-refractivity contribution is 14.1. The Bertz CT molecular complexity index is 561. The predicted molar refractivity (Wildman–Crippen MR) is 107 cm³/mol. The molecule has 114 valence electrons. The van der Waals surface area contributed by atoms with E-state index in [1.54, 1.807) is 13.0 Å². The number of esters is 1. The molecule has 0 saturated carbocycles. The molecule has 1 aromatic carbocycles. The van der Waals surface area contributed by atoms with Crippen LogP contribution in [0.4, 0.5) is 0 Å². The summed E-state index contributed by atoms with van der Waals surface area (Å²) >= 11 is 6.52. The first-order valence-corrected chi connectivity index (χ1v) is 9.34. The maximum Gasteiger partial charge on any atom is 0.325 e. The first-order valence-electron chi connectivity index (χ1n) is 6.11. The highest BCUT2D eigenvalue weighted by Crippen LogP contribution is 2.24. The third kappa shape index (κ3) is 5.66. The molecule has 1 aromatic rings. The fourth-order valence-electron chi connectivity index (χ4n) is 1.62. The maximum absolute atomic E-state index is 12.7. The molecule has 1 rings (SSSR count). The Balaban J connectivity index is 3.06. The van der Waals surface area contributed by atoms with Crippen LogP contribution in [0.5, 0.6) is 0 Å². The summed E-state index contributed by atoms with van der Waals surface area (Å²) in [4.78, 5) is 25.7. The third-order valence-electron chi connectivity index (χ3n) is 2.49. The highest BCUT2D eigenvalue weighted by atomic mass is 127. The van der Waals surface area contributed by atoms with Crippen molar-refractivity contribution in [1.29, 1.82) is 0 Å². The minimum atomic E-state index is -0.414. The molecule has 7 heteroatoms. The second kappa shape index (κ2) is 9.28. The quantitative estimate of drug-likeness (QED) is 0.210. The van der Waals surface area contributed by atoms with Gasteiger partial charge < -0.3 is 9.64 Å². The zero-order valence-electron chi connectivity index (χ0n) is 11.4. The summed E-state index contributed by atoms with van der Waals surface area (Å²) in [6.45, 7) is 5.90. The van der Waals surface area contributed by atoms with Crippen LogP contribution in [0.1, 0.15) is 17.3 Å². The summed E-state index contributed by atoms with van der Waals surface area (Å²) in [5.74, 6) is -0.605. The van der Waals surface area contributed by atoms with Gasteiger partial charge in [0.15, 0.2) is 0 Å². The van der Waals surface area contributed by atoms with Gasteiger partial charge in [-0.25, -0.2) is 0 Å². The standard InChI is InChI=1S/C14H14I3NO3/c1-3-5-18(8-12(19)21-4-2)14(20)10-6-9(15)7-11(16)13(10)17/h3,6-7H,1,4-5,8H2,2H3. The number of halogens is 3. The molecule has 0 aliphatic rings. The molecule has 1 amide bonds. The van der Waals surface area contributed by atoms with Crippen molar-refractivity contribution in [2.24, 2.45) is 0 Å². The molecule has 0 aliphatic carbocycles. The van der Waals surface area contributed by atoms with E-state index in [2.05, 4.69) is 74.4 Å². The molecule has 0 heterocycles. The monoisotopic (exact) mass is 625 g/mol. The normalized spacial score (nSPS) is 10.1. The molecule has 0 aromatic heterocycles. The van der Waals surface area contributed by atoms with Crippen molar-refractivity contribution in [1.82, 2.24) is 4.90 Å². The van der Waals surface area contributed by atoms with Gasteiger partial charge in [-0.05, 0) is 86.8 Å². The van der Waals surface area contributed by atoms with Crippen LogP contribution < -0.4 is 0 Å². The average Bonchev–Trinajstić information content (AvgIpc) is 2.42. The van der Waals surface area contributed by atoms with Crippen molar-refractivity contribution in [2.45, 2.75) is 6.92 Å². The summed E-state index contributed by atoms with van der Waals surface area (Å²) in [5, 5.41) is 0. The van der Waals surface area contributed by atoms with Gasteiger partial charge in [-0.15, -0.1) is 6.58 Å². The van der Waals surface area contributed by atoms with Gasteiger partial charge in [0.1, 0.15) is 6.54 Å². The van der Waals surface area contributed by atoms with Gasteiger partial charge in [-0.3, -0.25) is 9.59 Å². The van der Waals surface area contributed by atoms with Crippen molar-refractivity contribution in [2.75, 3.05) is 19.7 Å². The number of carbonyl (C=O) groups is 2. The van der Waals surface area contributed by atoms with Crippen LogP contribution in [0.25, 0.3) is 0 Å². The molecule has 0 bridgehead atoms. The van der Waals surface area contributed by atoms with Crippen LogP contribution in [-0.4, -0.2) is 36.5 Å². The minimum Gasteiger partial charge on any atom is -0.465 e. The molecule has 0 radical (unpaired) electrons. The number of rotatable bonds is 6. The van der Waals surface area contributed by atoms with Crippen LogP contribution in [0.3, 0.4) is 0 Å². The summed E-state index contributed by atoms with van der Waals surface area (Å²) < 4.78 is 7.79. The first kappa shape index (κ1) is 19.1. The largest absolute Gasteiger partial charge is 0.465 e. The number of hydrogen-bond acceptors (Lipinski definition) is 3. The molecule has 0 saturated heterocycles. The van der Waals surface area contributed by atoms with Crippen LogP contribution in [0, 0.1) is 10.7 Å². The van der Waals surface area contributed by atoms with E-state index < -0.39 is 5.97 Å². The molecular weight excluding hydrogens is 611 g/mol. The Morgan fingerprint density at radius 3 is 2.57 bits per heavy atom. The number of benzene rings is 1. The van der Waals surface area contributed by atoms with E-state index in [0.717, 1.165) is 10.7 Å². The van der Waals surface area contributed by atoms with Crippen LogP contribution in [-0.2, 0) is 9.53 Å². The predicted octanol–water partition coefficient (Wildman–Crippen LogP) is 3.69. The maximum atomic E-state index is 12.7. The molecular formula is C14H14I3NO3. The van der Waals surface area contributed by atoms with E-state index in [9.17, 15) is 9.59 Å².